The van der Waals surface area contributed by atoms with Crippen LogP contribution in [0.5, 0.6) is 0 Å². The van der Waals surface area contributed by atoms with Gasteiger partial charge in [0.1, 0.15) is 0 Å². The van der Waals surface area contributed by atoms with Crippen molar-refractivity contribution >= 4 is 12.0 Å². The van der Waals surface area contributed by atoms with Crippen molar-refractivity contribution in [1.82, 2.24) is 4.98 Å². The Morgan fingerprint density at radius 3 is 2.93 bits per heavy atom. The number of pyridine rings is 1. The molecule has 1 aromatic rings. The molecule has 0 atom stereocenters. The van der Waals surface area contributed by atoms with E-state index in [0.717, 1.165) is 11.3 Å². The molecule has 1 heterocycles. The van der Waals surface area contributed by atoms with Crippen molar-refractivity contribution in [2.45, 2.75) is 20.3 Å². The predicted molar refractivity (Wildman–Crippen MR) is 59.3 cm³/mol. The summed E-state index contributed by atoms with van der Waals surface area (Å²) in [6.07, 6.45) is 5.67. The van der Waals surface area contributed by atoms with Crippen LogP contribution < -0.4 is 0 Å². The zero-order valence-corrected chi connectivity index (χ0v) is 9.06. The average Bonchev–Trinajstić information content (AvgIpc) is 2.21. The normalized spacial score (nSPS) is 10.5. The van der Waals surface area contributed by atoms with E-state index in [4.69, 9.17) is 4.74 Å². The van der Waals surface area contributed by atoms with Gasteiger partial charge >= 0.3 is 5.97 Å². The second kappa shape index (κ2) is 5.96. The minimum Gasteiger partial charge on any atom is -0.466 e. The van der Waals surface area contributed by atoms with E-state index in [-0.39, 0.29) is 5.97 Å². The highest BCUT2D eigenvalue weighted by molar-refractivity contribution is 5.72. The van der Waals surface area contributed by atoms with Crippen LogP contribution in [0.1, 0.15) is 24.6 Å². The van der Waals surface area contributed by atoms with Crippen LogP contribution in [0.3, 0.4) is 0 Å². The summed E-state index contributed by atoms with van der Waals surface area (Å²) < 4.78 is 4.79. The lowest BCUT2D eigenvalue weighted by Crippen LogP contribution is -2.01. The van der Waals surface area contributed by atoms with Crippen molar-refractivity contribution in [2.75, 3.05) is 6.61 Å². The Labute approximate surface area is 89.8 Å². The number of hydrogen-bond acceptors (Lipinski definition) is 3. The van der Waals surface area contributed by atoms with E-state index in [9.17, 15) is 4.79 Å². The van der Waals surface area contributed by atoms with Crippen LogP contribution in [0.25, 0.3) is 6.08 Å². The molecular weight excluding hydrogens is 190 g/mol. The molecule has 0 bridgehead atoms. The first-order chi connectivity index (χ1) is 7.22. The van der Waals surface area contributed by atoms with Gasteiger partial charge in [-0.15, -0.1) is 0 Å². The van der Waals surface area contributed by atoms with Gasteiger partial charge in [0, 0.05) is 6.20 Å². The van der Waals surface area contributed by atoms with E-state index < -0.39 is 0 Å². The topological polar surface area (TPSA) is 39.2 Å². The summed E-state index contributed by atoms with van der Waals surface area (Å²) in [5, 5.41) is 0. The van der Waals surface area contributed by atoms with Gasteiger partial charge in [-0.05, 0) is 31.6 Å². The second-order valence-corrected chi connectivity index (χ2v) is 3.17. The van der Waals surface area contributed by atoms with Crippen molar-refractivity contribution in [1.29, 1.82) is 0 Å². The van der Waals surface area contributed by atoms with E-state index >= 15 is 0 Å². The largest absolute Gasteiger partial charge is 0.466 e. The maximum atomic E-state index is 11.0. The Balaban J connectivity index is 2.44. The summed E-state index contributed by atoms with van der Waals surface area (Å²) in [7, 11) is 0. The molecule has 15 heavy (non-hydrogen) atoms. The van der Waals surface area contributed by atoms with Gasteiger partial charge in [-0.1, -0.05) is 12.1 Å². The molecule has 0 aromatic carbocycles. The molecule has 0 aliphatic carbocycles. The predicted octanol–water partition coefficient (Wildman–Crippen LogP) is 2.36. The highest BCUT2D eigenvalue weighted by atomic mass is 16.5. The fraction of sp³-hybridized carbons (Fsp3) is 0.333. The number of rotatable bonds is 4. The molecular formula is C12H15NO2. The fourth-order valence-corrected chi connectivity index (χ4v) is 1.07. The van der Waals surface area contributed by atoms with Gasteiger partial charge in [0.2, 0.25) is 0 Å². The minimum absolute atomic E-state index is 0.208. The smallest absolute Gasteiger partial charge is 0.309 e. The van der Waals surface area contributed by atoms with Gasteiger partial charge in [0.05, 0.1) is 18.7 Å². The van der Waals surface area contributed by atoms with Gasteiger partial charge in [-0.25, -0.2) is 0 Å². The van der Waals surface area contributed by atoms with Gasteiger partial charge in [0.15, 0.2) is 0 Å². The summed E-state index contributed by atoms with van der Waals surface area (Å²) in [4.78, 5) is 15.2. The van der Waals surface area contributed by atoms with Crippen LogP contribution in [-0.2, 0) is 9.53 Å². The van der Waals surface area contributed by atoms with Crippen LogP contribution in [0.4, 0.5) is 0 Å². The van der Waals surface area contributed by atoms with Crippen LogP contribution >= 0.6 is 0 Å². The molecule has 0 radical (unpaired) electrons. The Bertz CT molecular complexity index is 341. The third-order valence-corrected chi connectivity index (χ3v) is 1.81. The zero-order valence-electron chi connectivity index (χ0n) is 9.06. The van der Waals surface area contributed by atoms with E-state index in [2.05, 4.69) is 4.98 Å². The number of ether oxygens (including phenoxy) is 1. The van der Waals surface area contributed by atoms with E-state index in [1.807, 2.05) is 25.1 Å². The number of carbonyl (C=O) groups excluding carboxylic acids is 1. The van der Waals surface area contributed by atoms with Crippen LogP contribution in [0.15, 0.2) is 24.4 Å². The van der Waals surface area contributed by atoms with Crippen molar-refractivity contribution in [3.8, 4) is 0 Å². The third kappa shape index (κ3) is 4.40. The molecule has 0 spiro atoms. The number of nitrogens with zero attached hydrogens (tertiary/aromatic N) is 1. The van der Waals surface area contributed by atoms with Gasteiger partial charge in [-0.2, -0.15) is 0 Å². The average molecular weight is 205 g/mol. The highest BCUT2D eigenvalue weighted by Crippen LogP contribution is 2.01. The van der Waals surface area contributed by atoms with Crippen molar-refractivity contribution in [3.05, 3.63) is 35.7 Å². The molecule has 0 saturated carbocycles. The standard InChI is InChI=1S/C12H15NO2/c1-3-15-12(14)6-4-5-11-8-7-10(2)9-13-11/h4-5,7-9H,3,6H2,1-2H3. The quantitative estimate of drug-likeness (QED) is 0.708. The maximum absolute atomic E-state index is 11.0. The molecule has 3 nitrogen and oxygen atoms in total. The molecule has 0 N–H and O–H groups in total. The number of aromatic nitrogens is 1. The molecule has 0 aliphatic rings. The molecule has 0 amide bonds. The fourth-order valence-electron chi connectivity index (χ4n) is 1.07. The van der Waals surface area contributed by atoms with Crippen LogP contribution in [-0.4, -0.2) is 17.6 Å². The molecule has 0 fully saturated rings. The molecule has 80 valence electrons. The van der Waals surface area contributed by atoms with Crippen molar-refractivity contribution in [2.24, 2.45) is 0 Å². The van der Waals surface area contributed by atoms with Crippen LogP contribution in [0.2, 0.25) is 0 Å². The lowest BCUT2D eigenvalue weighted by Gasteiger charge is -1.97. The Morgan fingerprint density at radius 2 is 2.33 bits per heavy atom. The number of hydrogen-bond donors (Lipinski definition) is 0. The van der Waals surface area contributed by atoms with Crippen molar-refractivity contribution in [3.63, 3.8) is 0 Å². The SMILES string of the molecule is CCOC(=O)CC=Cc1ccc(C)cn1. The first-order valence-electron chi connectivity index (χ1n) is 4.97. The molecule has 0 saturated heterocycles. The Hall–Kier alpha value is -1.64. The molecule has 1 rings (SSSR count). The minimum atomic E-state index is -0.208. The number of esters is 1. The molecule has 3 heteroatoms. The lowest BCUT2D eigenvalue weighted by atomic mass is 10.2. The first kappa shape index (κ1) is 11.4. The molecule has 0 unspecified atom stereocenters. The molecule has 1 aromatic heterocycles. The summed E-state index contributed by atoms with van der Waals surface area (Å²) in [5.41, 5.74) is 1.97. The van der Waals surface area contributed by atoms with Crippen LogP contribution in [0, 0.1) is 6.92 Å². The van der Waals surface area contributed by atoms with E-state index in [0.29, 0.717) is 13.0 Å². The Morgan fingerprint density at radius 1 is 1.53 bits per heavy atom. The molecule has 0 aliphatic heterocycles. The van der Waals surface area contributed by atoms with E-state index in [1.165, 1.54) is 0 Å². The number of carbonyl (C=O) groups is 1. The maximum Gasteiger partial charge on any atom is 0.309 e. The van der Waals surface area contributed by atoms with Gasteiger partial charge in [0.25, 0.3) is 0 Å². The first-order valence-corrected chi connectivity index (χ1v) is 4.97. The third-order valence-electron chi connectivity index (χ3n) is 1.81. The van der Waals surface area contributed by atoms with Crippen molar-refractivity contribution < 1.29 is 9.53 Å². The monoisotopic (exact) mass is 205 g/mol. The number of aryl methyl sites for hydroxylation is 1. The van der Waals surface area contributed by atoms with Gasteiger partial charge < -0.3 is 4.74 Å². The van der Waals surface area contributed by atoms with E-state index in [1.54, 1.807) is 19.2 Å². The summed E-state index contributed by atoms with van der Waals surface area (Å²) >= 11 is 0. The highest BCUT2D eigenvalue weighted by Gasteiger charge is 1.96. The second-order valence-electron chi connectivity index (χ2n) is 3.17. The lowest BCUT2D eigenvalue weighted by molar-refractivity contribution is -0.142. The summed E-state index contributed by atoms with van der Waals surface area (Å²) in [6.45, 7) is 4.21. The zero-order chi connectivity index (χ0) is 11.1. The van der Waals surface area contributed by atoms with Gasteiger partial charge in [-0.3, -0.25) is 9.78 Å². The summed E-state index contributed by atoms with van der Waals surface area (Å²) in [6, 6.07) is 3.90. The summed E-state index contributed by atoms with van der Waals surface area (Å²) in [5.74, 6) is -0.208. The Kier molecular flexibility index (Phi) is 4.54.